The van der Waals surface area contributed by atoms with Crippen LogP contribution in [0.5, 0.6) is 0 Å². The van der Waals surface area contributed by atoms with Crippen LogP contribution in [-0.2, 0) is 6.42 Å². The van der Waals surface area contributed by atoms with Crippen molar-refractivity contribution in [3.05, 3.63) is 34.9 Å². The number of carbonyl (C=O) groups excluding carboxylic acids is 2. The molecule has 0 aliphatic heterocycles. The molecule has 0 spiro atoms. The average Bonchev–Trinajstić information content (AvgIpc) is 2.76. The normalized spacial score (nSPS) is 13.4. The van der Waals surface area contributed by atoms with Crippen molar-refractivity contribution in [2.24, 2.45) is 0 Å². The highest BCUT2D eigenvalue weighted by molar-refractivity contribution is 6.04. The number of rotatable bonds is 17. The van der Waals surface area contributed by atoms with Crippen molar-refractivity contribution in [2.75, 3.05) is 0 Å². The molecule has 30 heavy (non-hydrogen) atoms. The Morgan fingerprint density at radius 1 is 0.733 bits per heavy atom. The Hall–Kier alpha value is -1.44. The van der Waals surface area contributed by atoms with Crippen LogP contribution in [0.2, 0.25) is 0 Å². The fourth-order valence-electron chi connectivity index (χ4n) is 4.73. The van der Waals surface area contributed by atoms with Crippen molar-refractivity contribution in [1.82, 2.24) is 0 Å². The molecule has 0 radical (unpaired) electrons. The largest absolute Gasteiger partial charge is 0.294 e. The highest BCUT2D eigenvalue weighted by Gasteiger charge is 2.21. The fourth-order valence-corrected chi connectivity index (χ4v) is 4.73. The monoisotopic (exact) mass is 412 g/mol. The predicted molar refractivity (Wildman–Crippen MR) is 128 cm³/mol. The van der Waals surface area contributed by atoms with E-state index in [4.69, 9.17) is 0 Å². The van der Waals surface area contributed by atoms with E-state index in [0.717, 1.165) is 42.4 Å². The average molecular weight is 413 g/mol. The number of fused-ring (bicyclic) bond motifs is 1. The zero-order valence-corrected chi connectivity index (χ0v) is 19.5. The molecule has 1 aromatic rings. The smallest absolute Gasteiger partial charge is 0.163 e. The molecule has 2 heteroatoms. The van der Waals surface area contributed by atoms with Gasteiger partial charge in [-0.1, -0.05) is 115 Å². The number of hydrogen-bond acceptors (Lipinski definition) is 2. The summed E-state index contributed by atoms with van der Waals surface area (Å²) in [7, 11) is 0. The molecule has 0 saturated heterocycles. The minimum absolute atomic E-state index is 0.206. The molecule has 2 rings (SSSR count). The third-order valence-electron chi connectivity index (χ3n) is 6.61. The van der Waals surface area contributed by atoms with Crippen LogP contribution >= 0.6 is 0 Å². The second kappa shape index (κ2) is 15.4. The Kier molecular flexibility index (Phi) is 12.7. The number of ketones is 2. The Labute approximate surface area is 185 Å². The van der Waals surface area contributed by atoms with Crippen molar-refractivity contribution >= 4 is 11.6 Å². The van der Waals surface area contributed by atoms with Gasteiger partial charge in [0, 0.05) is 24.0 Å². The lowest BCUT2D eigenvalue weighted by Crippen LogP contribution is -2.15. The van der Waals surface area contributed by atoms with Crippen molar-refractivity contribution < 1.29 is 9.59 Å². The molecule has 1 aliphatic carbocycles. The van der Waals surface area contributed by atoms with E-state index in [9.17, 15) is 9.59 Å². The lowest BCUT2D eigenvalue weighted by molar-refractivity contribution is 0.0971. The molecule has 0 amide bonds. The van der Waals surface area contributed by atoms with Crippen LogP contribution in [-0.4, -0.2) is 11.6 Å². The van der Waals surface area contributed by atoms with Gasteiger partial charge in [-0.3, -0.25) is 9.59 Å². The molecule has 0 N–H and O–H groups in total. The summed E-state index contributed by atoms with van der Waals surface area (Å²) in [6.45, 7) is 2.28. The van der Waals surface area contributed by atoms with E-state index in [1.807, 2.05) is 18.2 Å². The van der Waals surface area contributed by atoms with Crippen LogP contribution in [0, 0.1) is 0 Å². The van der Waals surface area contributed by atoms with Gasteiger partial charge in [-0.15, -0.1) is 0 Å². The molecule has 1 aromatic carbocycles. The Balaban J connectivity index is 1.46. The predicted octanol–water partition coefficient (Wildman–Crippen LogP) is 8.65. The second-order valence-corrected chi connectivity index (χ2v) is 9.23. The molecule has 1 aliphatic rings. The molecule has 168 valence electrons. The molecule has 0 aromatic heterocycles. The van der Waals surface area contributed by atoms with E-state index in [1.54, 1.807) is 0 Å². The molecule has 2 nitrogen and oxygen atoms in total. The van der Waals surface area contributed by atoms with Gasteiger partial charge in [-0.25, -0.2) is 0 Å². The standard InChI is InChI=1S/C28H44O2/c1-2-3-4-5-6-7-8-9-10-11-12-13-14-15-16-22-27(29)25-20-17-21-26-24(25)19-18-23-28(26)30/h17,20-21H,2-16,18-19,22-23H2,1H3. The summed E-state index contributed by atoms with van der Waals surface area (Å²) in [5.41, 5.74) is 2.62. The first kappa shape index (κ1) is 24.8. The molecule has 0 saturated carbocycles. The summed E-state index contributed by atoms with van der Waals surface area (Å²) < 4.78 is 0. The quantitative estimate of drug-likeness (QED) is 0.189. The molecule has 0 heterocycles. The number of hydrogen-bond donors (Lipinski definition) is 0. The van der Waals surface area contributed by atoms with E-state index in [1.165, 1.54) is 83.5 Å². The minimum atomic E-state index is 0.206. The zero-order chi connectivity index (χ0) is 21.4. The maximum atomic E-state index is 12.6. The maximum absolute atomic E-state index is 12.6. The maximum Gasteiger partial charge on any atom is 0.163 e. The number of Topliss-reactive ketones (excluding diaryl/α,β-unsaturated/α-hetero) is 2. The van der Waals surface area contributed by atoms with Crippen LogP contribution in [0.25, 0.3) is 0 Å². The van der Waals surface area contributed by atoms with Crippen molar-refractivity contribution in [3.8, 4) is 0 Å². The van der Waals surface area contributed by atoms with E-state index >= 15 is 0 Å². The molecule has 0 atom stereocenters. The van der Waals surface area contributed by atoms with Gasteiger partial charge in [-0.05, 0) is 24.8 Å². The van der Waals surface area contributed by atoms with Gasteiger partial charge < -0.3 is 0 Å². The van der Waals surface area contributed by atoms with Crippen LogP contribution in [0.3, 0.4) is 0 Å². The lowest BCUT2D eigenvalue weighted by Gasteiger charge is -2.17. The third kappa shape index (κ3) is 9.14. The first-order chi connectivity index (χ1) is 14.7. The van der Waals surface area contributed by atoms with E-state index < -0.39 is 0 Å². The summed E-state index contributed by atoms with van der Waals surface area (Å²) >= 11 is 0. The second-order valence-electron chi connectivity index (χ2n) is 9.23. The van der Waals surface area contributed by atoms with E-state index in [-0.39, 0.29) is 11.6 Å². The highest BCUT2D eigenvalue weighted by Crippen LogP contribution is 2.26. The summed E-state index contributed by atoms with van der Waals surface area (Å²) in [6.07, 6.45) is 23.1. The van der Waals surface area contributed by atoms with Gasteiger partial charge in [0.25, 0.3) is 0 Å². The summed E-state index contributed by atoms with van der Waals surface area (Å²) in [6, 6.07) is 5.69. The number of benzene rings is 1. The van der Waals surface area contributed by atoms with Crippen molar-refractivity contribution in [1.29, 1.82) is 0 Å². The summed E-state index contributed by atoms with van der Waals surface area (Å²) in [4.78, 5) is 24.7. The van der Waals surface area contributed by atoms with Crippen LogP contribution < -0.4 is 0 Å². The minimum Gasteiger partial charge on any atom is -0.294 e. The van der Waals surface area contributed by atoms with Crippen LogP contribution in [0.4, 0.5) is 0 Å². The third-order valence-corrected chi connectivity index (χ3v) is 6.61. The highest BCUT2D eigenvalue weighted by atomic mass is 16.1. The summed E-state index contributed by atoms with van der Waals surface area (Å²) in [5, 5.41) is 0. The fraction of sp³-hybridized carbons (Fsp3) is 0.714. The van der Waals surface area contributed by atoms with Gasteiger partial charge in [0.15, 0.2) is 11.6 Å². The van der Waals surface area contributed by atoms with Gasteiger partial charge >= 0.3 is 0 Å². The molecular formula is C28H44O2. The SMILES string of the molecule is CCCCCCCCCCCCCCCCCC(=O)c1cccc2c1CCCC2=O. The van der Waals surface area contributed by atoms with Gasteiger partial charge in [0.1, 0.15) is 0 Å². The molecule has 0 fully saturated rings. The molecule has 0 unspecified atom stereocenters. The van der Waals surface area contributed by atoms with Gasteiger partial charge in [0.05, 0.1) is 0 Å². The Morgan fingerprint density at radius 3 is 1.83 bits per heavy atom. The topological polar surface area (TPSA) is 34.1 Å². The first-order valence-electron chi connectivity index (χ1n) is 12.9. The van der Waals surface area contributed by atoms with E-state index in [0.29, 0.717) is 12.8 Å². The zero-order valence-electron chi connectivity index (χ0n) is 19.5. The van der Waals surface area contributed by atoms with Crippen LogP contribution in [0.15, 0.2) is 18.2 Å². The molecule has 0 bridgehead atoms. The van der Waals surface area contributed by atoms with Crippen molar-refractivity contribution in [3.63, 3.8) is 0 Å². The van der Waals surface area contributed by atoms with Gasteiger partial charge in [0.2, 0.25) is 0 Å². The van der Waals surface area contributed by atoms with Gasteiger partial charge in [-0.2, -0.15) is 0 Å². The Morgan fingerprint density at radius 2 is 1.27 bits per heavy atom. The number of carbonyl (C=O) groups is 2. The number of unbranched alkanes of at least 4 members (excludes halogenated alkanes) is 14. The Bertz CT molecular complexity index is 632. The first-order valence-corrected chi connectivity index (χ1v) is 12.9. The van der Waals surface area contributed by atoms with E-state index in [2.05, 4.69) is 6.92 Å². The van der Waals surface area contributed by atoms with Crippen molar-refractivity contribution in [2.45, 2.75) is 129 Å². The molecular weight excluding hydrogens is 368 g/mol. The summed E-state index contributed by atoms with van der Waals surface area (Å²) in [5.74, 6) is 0.439. The lowest BCUT2D eigenvalue weighted by atomic mass is 9.85. The van der Waals surface area contributed by atoms with Crippen LogP contribution in [0.1, 0.15) is 149 Å².